The van der Waals surface area contributed by atoms with Gasteiger partial charge in [-0.05, 0) is 59.4 Å². The summed E-state index contributed by atoms with van der Waals surface area (Å²) in [7, 11) is 0. The Morgan fingerprint density at radius 3 is 1.56 bits per heavy atom. The van der Waals surface area contributed by atoms with Crippen molar-refractivity contribution >= 4 is 23.9 Å². The summed E-state index contributed by atoms with van der Waals surface area (Å²) in [4.78, 5) is 56.8. The summed E-state index contributed by atoms with van der Waals surface area (Å²) in [5, 5.41) is 24.9. The number of imide groups is 1. The topological polar surface area (TPSA) is 146 Å². The molecule has 1 fully saturated rings. The van der Waals surface area contributed by atoms with E-state index in [1.165, 1.54) is 77.0 Å². The Morgan fingerprint density at radius 1 is 0.700 bits per heavy atom. The van der Waals surface area contributed by atoms with E-state index in [0.717, 1.165) is 38.5 Å². The molecule has 1 aliphatic rings. The molecule has 0 aromatic carbocycles. The Balaban J connectivity index is 2.71. The maximum Gasteiger partial charge on any atom is 0.408 e. The van der Waals surface area contributed by atoms with Gasteiger partial charge < -0.3 is 25.1 Å². The highest BCUT2D eigenvalue weighted by Crippen LogP contribution is 2.17. The third-order valence-electron chi connectivity index (χ3n) is 9.10. The highest BCUT2D eigenvalue weighted by Gasteiger charge is 2.35. The van der Waals surface area contributed by atoms with E-state index in [1.807, 2.05) is 0 Å². The Morgan fingerprint density at radius 2 is 1.12 bits per heavy atom. The molecule has 50 heavy (non-hydrogen) atoms. The van der Waals surface area contributed by atoms with Gasteiger partial charge in [-0.1, -0.05) is 117 Å². The lowest BCUT2D eigenvalue weighted by Crippen LogP contribution is -2.47. The van der Waals surface area contributed by atoms with Crippen molar-refractivity contribution in [1.82, 2.24) is 15.3 Å². The van der Waals surface area contributed by atoms with Crippen LogP contribution in [0, 0.1) is 0 Å². The first-order valence-electron chi connectivity index (χ1n) is 20.0. The maximum absolute atomic E-state index is 13.0. The van der Waals surface area contributed by atoms with Crippen molar-refractivity contribution in [1.29, 1.82) is 0 Å². The molecule has 11 nitrogen and oxygen atoms in total. The first-order valence-corrected chi connectivity index (χ1v) is 20.0. The van der Waals surface area contributed by atoms with Gasteiger partial charge in [-0.15, -0.1) is 5.06 Å². The second-order valence-corrected chi connectivity index (χ2v) is 15.3. The number of aliphatic hydroxyl groups excluding tert-OH is 2. The highest BCUT2D eigenvalue weighted by molar-refractivity contribution is 6.01. The van der Waals surface area contributed by atoms with E-state index < -0.39 is 47.7 Å². The van der Waals surface area contributed by atoms with E-state index >= 15 is 0 Å². The summed E-state index contributed by atoms with van der Waals surface area (Å²) >= 11 is 0. The van der Waals surface area contributed by atoms with E-state index in [9.17, 15) is 29.4 Å². The molecule has 0 aromatic heterocycles. The van der Waals surface area contributed by atoms with Gasteiger partial charge in [0.05, 0.1) is 12.2 Å². The smallest absolute Gasteiger partial charge is 0.408 e. The summed E-state index contributed by atoms with van der Waals surface area (Å²) < 4.78 is 5.33. The highest BCUT2D eigenvalue weighted by atomic mass is 16.7. The van der Waals surface area contributed by atoms with Gasteiger partial charge in [0.15, 0.2) is 0 Å². The normalized spacial score (nSPS) is 15.4. The van der Waals surface area contributed by atoms with E-state index in [-0.39, 0.29) is 19.3 Å². The molecule has 3 atom stereocenters. The molecule has 11 heteroatoms. The number of carbonyl (C=O) groups is 4. The fraction of sp³-hybridized carbons (Fsp3) is 0.897. The molecular weight excluding hydrogens is 638 g/mol. The Hall–Kier alpha value is -2.24. The number of hydrogen-bond acceptors (Lipinski definition) is 9. The maximum atomic E-state index is 13.0. The zero-order valence-corrected chi connectivity index (χ0v) is 32.4. The second kappa shape index (κ2) is 27.4. The lowest BCUT2D eigenvalue weighted by Gasteiger charge is -2.28. The standard InChI is InChI=1S/C39H73N3O8/c1-6-8-10-12-14-16-18-20-24-32(43)30-41(31-33(44)25-21-19-17-15-13-11-9-7-2)29-23-22-26-34(40-38(48)49-39(3,4)5)37(47)50-42-35(45)27-28-36(42)46/h32-34,43-44H,6-31H2,1-5H3,(H,40,48)/t32-,33?,34-/m0/s1. The first-order chi connectivity index (χ1) is 23.9. The minimum Gasteiger partial charge on any atom is -0.444 e. The monoisotopic (exact) mass is 712 g/mol. The average molecular weight is 712 g/mol. The molecule has 0 saturated carbocycles. The molecule has 1 saturated heterocycles. The van der Waals surface area contributed by atoms with Crippen LogP contribution in [-0.2, 0) is 24.0 Å². The zero-order valence-electron chi connectivity index (χ0n) is 32.4. The predicted octanol–water partition coefficient (Wildman–Crippen LogP) is 7.74. The molecule has 1 rings (SSSR count). The number of amides is 3. The van der Waals surface area contributed by atoms with Crippen molar-refractivity contribution < 1.29 is 39.0 Å². The summed E-state index contributed by atoms with van der Waals surface area (Å²) in [5.41, 5.74) is -0.787. The molecule has 3 N–H and O–H groups in total. The number of unbranched alkanes of at least 4 members (excludes halogenated alkanes) is 15. The van der Waals surface area contributed by atoms with E-state index in [1.54, 1.807) is 20.8 Å². The Bertz CT molecular complexity index is 897. The lowest BCUT2D eigenvalue weighted by atomic mass is 10.0. The zero-order chi connectivity index (χ0) is 37.2. The Kier molecular flexibility index (Phi) is 25.1. The van der Waals surface area contributed by atoms with Crippen LogP contribution in [0.3, 0.4) is 0 Å². The van der Waals surface area contributed by atoms with Gasteiger partial charge in [-0.25, -0.2) is 9.59 Å². The molecule has 1 aliphatic heterocycles. The second-order valence-electron chi connectivity index (χ2n) is 15.3. The first kappa shape index (κ1) is 45.8. The fourth-order valence-electron chi connectivity index (χ4n) is 6.26. The molecule has 3 amide bonds. The molecule has 0 bridgehead atoms. The van der Waals surface area contributed by atoms with Crippen molar-refractivity contribution in [3.05, 3.63) is 0 Å². The SMILES string of the molecule is CCCCCCCCCCC(O)CN(CCCC[C@H](NC(=O)OC(C)(C)C)C(=O)ON1C(=O)CCC1=O)C[C@@H](O)CCCCCCCCCC. The van der Waals surface area contributed by atoms with Crippen LogP contribution in [-0.4, -0.2) is 87.5 Å². The largest absolute Gasteiger partial charge is 0.444 e. The number of rotatable bonds is 30. The minimum atomic E-state index is -1.13. The summed E-state index contributed by atoms with van der Waals surface area (Å²) in [6.45, 7) is 11.1. The number of nitrogens with one attached hydrogen (secondary N) is 1. The number of hydrogen-bond donors (Lipinski definition) is 3. The van der Waals surface area contributed by atoms with Gasteiger partial charge in [-0.2, -0.15) is 0 Å². The van der Waals surface area contributed by atoms with Gasteiger partial charge in [0.25, 0.3) is 11.8 Å². The third-order valence-corrected chi connectivity index (χ3v) is 9.10. The van der Waals surface area contributed by atoms with Crippen LogP contribution in [0.25, 0.3) is 0 Å². The average Bonchev–Trinajstić information content (AvgIpc) is 3.36. The third kappa shape index (κ3) is 23.3. The van der Waals surface area contributed by atoms with Crippen LogP contribution in [0.4, 0.5) is 4.79 Å². The van der Waals surface area contributed by atoms with Gasteiger partial charge in [0, 0.05) is 25.9 Å². The van der Waals surface area contributed by atoms with Crippen LogP contribution in [0.5, 0.6) is 0 Å². The molecular formula is C39H73N3O8. The molecule has 0 aromatic rings. The summed E-state index contributed by atoms with van der Waals surface area (Å²) in [6.07, 6.45) is 20.3. The molecule has 1 unspecified atom stereocenters. The van der Waals surface area contributed by atoms with Crippen LogP contribution in [0.15, 0.2) is 0 Å². The molecule has 0 radical (unpaired) electrons. The van der Waals surface area contributed by atoms with Gasteiger partial charge in [0.2, 0.25) is 0 Å². The van der Waals surface area contributed by atoms with Crippen molar-refractivity contribution in [2.24, 2.45) is 0 Å². The number of nitrogens with zero attached hydrogens (tertiary/aromatic N) is 2. The molecule has 1 heterocycles. The number of carbonyl (C=O) groups excluding carboxylic acids is 4. The number of alkyl carbamates (subject to hydrolysis) is 1. The number of ether oxygens (including phenoxy) is 1. The summed E-state index contributed by atoms with van der Waals surface area (Å²) in [6, 6.07) is -1.13. The molecule has 0 spiro atoms. The van der Waals surface area contributed by atoms with Crippen molar-refractivity contribution in [2.75, 3.05) is 19.6 Å². The Labute approximate surface area is 303 Å². The predicted molar refractivity (Wildman–Crippen MR) is 197 cm³/mol. The van der Waals surface area contributed by atoms with Crippen LogP contribution >= 0.6 is 0 Å². The number of aliphatic hydroxyl groups is 2. The fourth-order valence-corrected chi connectivity index (χ4v) is 6.26. The summed E-state index contributed by atoms with van der Waals surface area (Å²) in [5.74, 6) is -2.09. The lowest BCUT2D eigenvalue weighted by molar-refractivity contribution is -0.199. The minimum absolute atomic E-state index is 0.0259. The van der Waals surface area contributed by atoms with Gasteiger partial charge in [-0.3, -0.25) is 14.5 Å². The van der Waals surface area contributed by atoms with Crippen LogP contribution < -0.4 is 5.32 Å². The van der Waals surface area contributed by atoms with Crippen LogP contribution in [0.2, 0.25) is 0 Å². The number of hydroxylamine groups is 2. The van der Waals surface area contributed by atoms with E-state index in [0.29, 0.717) is 37.5 Å². The van der Waals surface area contributed by atoms with Gasteiger partial charge in [0.1, 0.15) is 11.6 Å². The van der Waals surface area contributed by atoms with Crippen LogP contribution in [0.1, 0.15) is 182 Å². The molecule has 0 aliphatic carbocycles. The van der Waals surface area contributed by atoms with Crippen molar-refractivity contribution in [2.45, 2.75) is 206 Å². The van der Waals surface area contributed by atoms with Gasteiger partial charge >= 0.3 is 12.1 Å². The van der Waals surface area contributed by atoms with E-state index in [4.69, 9.17) is 9.57 Å². The van der Waals surface area contributed by atoms with Crippen molar-refractivity contribution in [3.8, 4) is 0 Å². The molecule has 292 valence electrons. The van der Waals surface area contributed by atoms with Crippen molar-refractivity contribution in [3.63, 3.8) is 0 Å². The quantitative estimate of drug-likeness (QED) is 0.0503. The van der Waals surface area contributed by atoms with E-state index in [2.05, 4.69) is 24.1 Å².